The van der Waals surface area contributed by atoms with E-state index in [4.69, 9.17) is 5.73 Å². The minimum atomic E-state index is -0.211. The molecular weight excluding hydrogens is 259 g/mol. The van der Waals surface area contributed by atoms with Gasteiger partial charge in [-0.3, -0.25) is 0 Å². The number of hydrogen-bond donors (Lipinski definition) is 1. The number of benzene rings is 1. The molecule has 0 aliphatic heterocycles. The van der Waals surface area contributed by atoms with Gasteiger partial charge in [0.2, 0.25) is 0 Å². The summed E-state index contributed by atoms with van der Waals surface area (Å²) in [5.74, 6) is -0.211. The van der Waals surface area contributed by atoms with E-state index in [1.54, 1.807) is 12.1 Å². The Labute approximate surface area is 117 Å². The molecule has 0 unspecified atom stereocenters. The topological polar surface area (TPSA) is 38.9 Å². The summed E-state index contributed by atoms with van der Waals surface area (Å²) in [5.41, 5.74) is 8.48. The maximum absolute atomic E-state index is 14.0. The van der Waals surface area contributed by atoms with Crippen LogP contribution in [0.1, 0.15) is 16.8 Å². The average molecular weight is 276 g/mol. The number of aryl methyl sites for hydroxylation is 2. The predicted octanol–water partition coefficient (Wildman–Crippen LogP) is 3.49. The number of aromatic nitrogens is 1. The molecule has 100 valence electrons. The van der Waals surface area contributed by atoms with Crippen molar-refractivity contribution in [1.29, 1.82) is 0 Å². The van der Waals surface area contributed by atoms with Crippen molar-refractivity contribution in [3.05, 3.63) is 53.0 Å². The highest BCUT2D eigenvalue weighted by Crippen LogP contribution is 2.29. The molecule has 2 N–H and O–H groups in total. The third kappa shape index (κ3) is 3.78. The van der Waals surface area contributed by atoms with Gasteiger partial charge in [0.25, 0.3) is 0 Å². The average Bonchev–Trinajstić information content (AvgIpc) is 2.32. The van der Waals surface area contributed by atoms with Crippen molar-refractivity contribution in [2.45, 2.75) is 30.2 Å². The van der Waals surface area contributed by atoms with E-state index in [2.05, 4.69) is 4.98 Å². The van der Waals surface area contributed by atoms with Crippen molar-refractivity contribution in [2.75, 3.05) is 6.54 Å². The molecular formula is C15H17FN2S. The number of pyridine rings is 1. The highest BCUT2D eigenvalue weighted by molar-refractivity contribution is 7.99. The molecule has 1 aromatic heterocycles. The Morgan fingerprint density at radius 2 is 2.00 bits per heavy atom. The first-order valence-corrected chi connectivity index (χ1v) is 7.02. The van der Waals surface area contributed by atoms with Gasteiger partial charge in [-0.25, -0.2) is 9.37 Å². The van der Waals surface area contributed by atoms with Gasteiger partial charge in [0.1, 0.15) is 10.8 Å². The first kappa shape index (κ1) is 14.0. The van der Waals surface area contributed by atoms with Gasteiger partial charge in [0, 0.05) is 10.6 Å². The van der Waals surface area contributed by atoms with E-state index < -0.39 is 0 Å². The lowest BCUT2D eigenvalue weighted by atomic mass is 10.1. The maximum atomic E-state index is 14.0. The van der Waals surface area contributed by atoms with Gasteiger partial charge in [-0.05, 0) is 62.2 Å². The summed E-state index contributed by atoms with van der Waals surface area (Å²) in [7, 11) is 0. The Hall–Kier alpha value is -1.39. The molecule has 0 atom stereocenters. The van der Waals surface area contributed by atoms with Gasteiger partial charge < -0.3 is 5.73 Å². The molecule has 2 aromatic rings. The molecule has 0 radical (unpaired) electrons. The summed E-state index contributed by atoms with van der Waals surface area (Å²) in [4.78, 5) is 5.00. The summed E-state index contributed by atoms with van der Waals surface area (Å²) in [6.45, 7) is 4.49. The third-order valence-corrected chi connectivity index (χ3v) is 3.69. The first-order chi connectivity index (χ1) is 9.08. The van der Waals surface area contributed by atoms with Gasteiger partial charge in [-0.1, -0.05) is 17.8 Å². The summed E-state index contributed by atoms with van der Waals surface area (Å²) >= 11 is 1.35. The molecule has 0 saturated carbocycles. The van der Waals surface area contributed by atoms with Crippen LogP contribution in [0.4, 0.5) is 4.39 Å². The molecule has 4 heteroatoms. The zero-order valence-corrected chi connectivity index (χ0v) is 11.9. The summed E-state index contributed by atoms with van der Waals surface area (Å²) in [5, 5.41) is 0.822. The number of halogens is 1. The van der Waals surface area contributed by atoms with Gasteiger partial charge in [0.05, 0.1) is 0 Å². The van der Waals surface area contributed by atoms with E-state index in [0.717, 1.165) is 21.8 Å². The molecule has 0 saturated heterocycles. The summed E-state index contributed by atoms with van der Waals surface area (Å²) in [6.07, 6.45) is 0.698. The molecule has 1 aromatic carbocycles. The van der Waals surface area contributed by atoms with Gasteiger partial charge >= 0.3 is 0 Å². The van der Waals surface area contributed by atoms with E-state index >= 15 is 0 Å². The van der Waals surface area contributed by atoms with Crippen LogP contribution in [-0.2, 0) is 6.42 Å². The number of nitrogens with zero attached hydrogens (tertiary/aromatic N) is 1. The number of rotatable bonds is 4. The Kier molecular flexibility index (Phi) is 4.56. The Morgan fingerprint density at radius 1 is 1.21 bits per heavy atom. The Morgan fingerprint density at radius 3 is 2.63 bits per heavy atom. The molecule has 0 aliphatic rings. The standard InChI is InChI=1S/C15H17FN2S/c1-10-7-11(2)18-15(8-10)19-14-4-3-12(5-6-17)9-13(14)16/h3-4,7-9H,5-6,17H2,1-2H3. The largest absolute Gasteiger partial charge is 0.330 e. The van der Waals surface area contributed by atoms with Gasteiger partial charge in [-0.2, -0.15) is 0 Å². The highest BCUT2D eigenvalue weighted by atomic mass is 32.2. The van der Waals surface area contributed by atoms with Crippen LogP contribution in [0.25, 0.3) is 0 Å². The maximum Gasteiger partial charge on any atom is 0.137 e. The van der Waals surface area contributed by atoms with Crippen molar-refractivity contribution in [1.82, 2.24) is 4.98 Å². The summed E-state index contributed by atoms with van der Waals surface area (Å²) < 4.78 is 14.0. The van der Waals surface area contributed by atoms with Crippen LogP contribution in [0.2, 0.25) is 0 Å². The van der Waals surface area contributed by atoms with E-state index in [1.807, 2.05) is 32.0 Å². The zero-order chi connectivity index (χ0) is 13.8. The van der Waals surface area contributed by atoms with Crippen molar-refractivity contribution >= 4 is 11.8 Å². The highest BCUT2D eigenvalue weighted by Gasteiger charge is 2.07. The van der Waals surface area contributed by atoms with Crippen LogP contribution in [0.5, 0.6) is 0 Å². The lowest BCUT2D eigenvalue weighted by Crippen LogP contribution is -2.03. The molecule has 2 rings (SSSR count). The molecule has 0 fully saturated rings. The summed E-state index contributed by atoms with van der Waals surface area (Å²) in [6, 6.07) is 9.23. The fourth-order valence-corrected chi connectivity index (χ4v) is 2.87. The van der Waals surface area contributed by atoms with E-state index in [-0.39, 0.29) is 5.82 Å². The fraction of sp³-hybridized carbons (Fsp3) is 0.267. The van der Waals surface area contributed by atoms with Crippen molar-refractivity contribution in [2.24, 2.45) is 5.73 Å². The van der Waals surface area contributed by atoms with Gasteiger partial charge in [-0.15, -0.1) is 0 Å². The second kappa shape index (κ2) is 6.17. The number of nitrogens with two attached hydrogens (primary N) is 1. The van der Waals surface area contributed by atoms with Crippen LogP contribution in [0, 0.1) is 19.7 Å². The Balaban J connectivity index is 2.23. The van der Waals surface area contributed by atoms with Crippen LogP contribution in [-0.4, -0.2) is 11.5 Å². The van der Waals surface area contributed by atoms with E-state index in [1.165, 1.54) is 11.8 Å². The lowest BCUT2D eigenvalue weighted by molar-refractivity contribution is 0.599. The normalized spacial score (nSPS) is 10.7. The van der Waals surface area contributed by atoms with E-state index in [9.17, 15) is 4.39 Å². The van der Waals surface area contributed by atoms with Crippen LogP contribution < -0.4 is 5.73 Å². The Bertz CT molecular complexity index is 564. The SMILES string of the molecule is Cc1cc(C)nc(Sc2ccc(CCN)cc2F)c1. The second-order valence-corrected chi connectivity index (χ2v) is 5.59. The molecule has 0 amide bonds. The van der Waals surface area contributed by atoms with Crippen molar-refractivity contribution in [3.63, 3.8) is 0 Å². The van der Waals surface area contributed by atoms with Crippen LogP contribution in [0.3, 0.4) is 0 Å². The smallest absolute Gasteiger partial charge is 0.137 e. The van der Waals surface area contributed by atoms with Gasteiger partial charge in [0.15, 0.2) is 0 Å². The zero-order valence-electron chi connectivity index (χ0n) is 11.1. The second-order valence-electron chi connectivity index (χ2n) is 4.53. The fourth-order valence-electron chi connectivity index (χ4n) is 1.92. The van der Waals surface area contributed by atoms with E-state index in [0.29, 0.717) is 17.9 Å². The monoisotopic (exact) mass is 276 g/mol. The molecule has 1 heterocycles. The minimum Gasteiger partial charge on any atom is -0.330 e. The number of hydrogen-bond acceptors (Lipinski definition) is 3. The molecule has 0 bridgehead atoms. The third-order valence-electron chi connectivity index (χ3n) is 2.72. The quantitative estimate of drug-likeness (QED) is 0.929. The molecule has 19 heavy (non-hydrogen) atoms. The molecule has 2 nitrogen and oxygen atoms in total. The first-order valence-electron chi connectivity index (χ1n) is 6.20. The molecule has 0 aliphatic carbocycles. The van der Waals surface area contributed by atoms with Crippen LogP contribution in [0.15, 0.2) is 40.3 Å². The van der Waals surface area contributed by atoms with Crippen LogP contribution >= 0.6 is 11.8 Å². The predicted molar refractivity (Wildman–Crippen MR) is 77.0 cm³/mol. The minimum absolute atomic E-state index is 0.211. The van der Waals surface area contributed by atoms with Crippen molar-refractivity contribution < 1.29 is 4.39 Å². The molecule has 0 spiro atoms. The lowest BCUT2D eigenvalue weighted by Gasteiger charge is -2.06. The van der Waals surface area contributed by atoms with Crippen molar-refractivity contribution in [3.8, 4) is 0 Å².